The average Bonchev–Trinajstić information content (AvgIpc) is 2.91. The molecule has 0 aliphatic carbocycles. The fourth-order valence-electron chi connectivity index (χ4n) is 1.88. The molecule has 0 atom stereocenters. The van der Waals surface area contributed by atoms with Crippen LogP contribution >= 0.6 is 11.3 Å². The molecule has 1 aromatic carbocycles. The molecule has 0 aliphatic rings. The molecular formula is C14H13N3OS. The lowest BCUT2D eigenvalue weighted by atomic mass is 10.2. The van der Waals surface area contributed by atoms with Gasteiger partial charge < -0.3 is 10.5 Å². The molecule has 0 saturated heterocycles. The standard InChI is InChI=1S/C14H13N3OS/c15-14-16-12-6-2-1-5-11(12)13(17-14)18-8-7-10-4-3-9-19-10/h1-6,9H,7-8H2,(H2,15,16,17). The number of para-hydroxylation sites is 1. The number of hydrogen-bond acceptors (Lipinski definition) is 5. The fraction of sp³-hybridized carbons (Fsp3) is 0.143. The minimum absolute atomic E-state index is 0.241. The monoisotopic (exact) mass is 271 g/mol. The predicted molar refractivity (Wildman–Crippen MR) is 77.5 cm³/mol. The van der Waals surface area contributed by atoms with E-state index in [1.807, 2.05) is 30.3 Å². The summed E-state index contributed by atoms with van der Waals surface area (Å²) in [5, 5.41) is 2.95. The lowest BCUT2D eigenvalue weighted by Gasteiger charge is -2.08. The van der Waals surface area contributed by atoms with Gasteiger partial charge in [-0.25, -0.2) is 4.98 Å². The van der Waals surface area contributed by atoms with Crippen LogP contribution in [0.15, 0.2) is 41.8 Å². The van der Waals surface area contributed by atoms with Crippen LogP contribution in [0.1, 0.15) is 4.88 Å². The van der Waals surface area contributed by atoms with Gasteiger partial charge in [0.15, 0.2) is 0 Å². The number of fused-ring (bicyclic) bond motifs is 1. The molecule has 2 aromatic heterocycles. The van der Waals surface area contributed by atoms with Crippen LogP contribution in [0.25, 0.3) is 10.9 Å². The number of rotatable bonds is 4. The Morgan fingerprint density at radius 3 is 2.84 bits per heavy atom. The van der Waals surface area contributed by atoms with E-state index in [9.17, 15) is 0 Å². The molecule has 0 fully saturated rings. The minimum atomic E-state index is 0.241. The molecule has 3 rings (SSSR count). The SMILES string of the molecule is Nc1nc(OCCc2cccs2)c2ccccc2n1. The van der Waals surface area contributed by atoms with E-state index in [0.717, 1.165) is 17.3 Å². The van der Waals surface area contributed by atoms with Crippen LogP contribution in [0.4, 0.5) is 5.95 Å². The van der Waals surface area contributed by atoms with Crippen LogP contribution in [0.3, 0.4) is 0 Å². The summed E-state index contributed by atoms with van der Waals surface area (Å²) < 4.78 is 5.75. The number of nitrogens with zero attached hydrogens (tertiary/aromatic N) is 2. The largest absolute Gasteiger partial charge is 0.477 e. The highest BCUT2D eigenvalue weighted by Crippen LogP contribution is 2.23. The zero-order valence-corrected chi connectivity index (χ0v) is 11.1. The van der Waals surface area contributed by atoms with E-state index in [0.29, 0.717) is 12.5 Å². The summed E-state index contributed by atoms with van der Waals surface area (Å²) in [6, 6.07) is 11.8. The average molecular weight is 271 g/mol. The second-order valence-corrected chi connectivity index (χ2v) is 5.11. The molecule has 2 N–H and O–H groups in total. The molecule has 0 amide bonds. The molecular weight excluding hydrogens is 258 g/mol. The number of hydrogen-bond donors (Lipinski definition) is 1. The number of nitrogen functional groups attached to an aromatic ring is 1. The molecule has 19 heavy (non-hydrogen) atoms. The molecule has 3 aromatic rings. The Morgan fingerprint density at radius 2 is 2.00 bits per heavy atom. The molecule has 5 heteroatoms. The predicted octanol–water partition coefficient (Wildman–Crippen LogP) is 2.90. The summed E-state index contributed by atoms with van der Waals surface area (Å²) in [5.74, 6) is 0.796. The van der Waals surface area contributed by atoms with E-state index >= 15 is 0 Å². The lowest BCUT2D eigenvalue weighted by molar-refractivity contribution is 0.315. The van der Waals surface area contributed by atoms with Gasteiger partial charge in [-0.05, 0) is 23.6 Å². The summed E-state index contributed by atoms with van der Waals surface area (Å²) in [6.45, 7) is 0.584. The molecule has 0 unspecified atom stereocenters. The first-order chi connectivity index (χ1) is 9.33. The second-order valence-electron chi connectivity index (χ2n) is 4.08. The Labute approximate surface area is 114 Å². The van der Waals surface area contributed by atoms with Gasteiger partial charge in [-0.3, -0.25) is 0 Å². The van der Waals surface area contributed by atoms with E-state index in [4.69, 9.17) is 10.5 Å². The van der Waals surface area contributed by atoms with Crippen LogP contribution < -0.4 is 10.5 Å². The topological polar surface area (TPSA) is 61.0 Å². The molecule has 0 bridgehead atoms. The minimum Gasteiger partial charge on any atom is -0.477 e. The Bertz CT molecular complexity index is 682. The number of anilines is 1. The Kier molecular flexibility index (Phi) is 3.29. The van der Waals surface area contributed by atoms with Crippen molar-refractivity contribution in [1.82, 2.24) is 9.97 Å². The first kappa shape index (κ1) is 11.9. The highest BCUT2D eigenvalue weighted by atomic mass is 32.1. The van der Waals surface area contributed by atoms with Crippen LogP contribution in [-0.4, -0.2) is 16.6 Å². The van der Waals surface area contributed by atoms with Gasteiger partial charge in [-0.2, -0.15) is 4.98 Å². The second kappa shape index (κ2) is 5.24. The van der Waals surface area contributed by atoms with Gasteiger partial charge in [0.05, 0.1) is 17.5 Å². The van der Waals surface area contributed by atoms with Crippen molar-refractivity contribution in [3.8, 4) is 5.88 Å². The van der Waals surface area contributed by atoms with Gasteiger partial charge in [0.25, 0.3) is 0 Å². The van der Waals surface area contributed by atoms with Gasteiger partial charge in [0.1, 0.15) is 0 Å². The summed E-state index contributed by atoms with van der Waals surface area (Å²) in [5.41, 5.74) is 6.50. The third-order valence-corrected chi connectivity index (χ3v) is 3.69. The Balaban J connectivity index is 1.80. The zero-order valence-electron chi connectivity index (χ0n) is 10.2. The zero-order chi connectivity index (χ0) is 13.1. The summed E-state index contributed by atoms with van der Waals surface area (Å²) >= 11 is 1.73. The van der Waals surface area contributed by atoms with Gasteiger partial charge in [0, 0.05) is 11.3 Å². The molecule has 96 valence electrons. The van der Waals surface area contributed by atoms with Crippen molar-refractivity contribution < 1.29 is 4.74 Å². The van der Waals surface area contributed by atoms with Crippen LogP contribution in [0.5, 0.6) is 5.88 Å². The number of nitrogens with two attached hydrogens (primary N) is 1. The Hall–Kier alpha value is -2.14. The first-order valence-electron chi connectivity index (χ1n) is 6.00. The fourth-order valence-corrected chi connectivity index (χ4v) is 2.57. The molecule has 2 heterocycles. The van der Waals surface area contributed by atoms with Crippen molar-refractivity contribution >= 4 is 28.2 Å². The highest BCUT2D eigenvalue weighted by molar-refractivity contribution is 7.09. The maximum Gasteiger partial charge on any atom is 0.226 e. The smallest absolute Gasteiger partial charge is 0.226 e. The van der Waals surface area contributed by atoms with E-state index < -0.39 is 0 Å². The molecule has 0 spiro atoms. The molecule has 4 nitrogen and oxygen atoms in total. The first-order valence-corrected chi connectivity index (χ1v) is 6.88. The quantitative estimate of drug-likeness (QED) is 0.792. The maximum absolute atomic E-state index is 5.75. The van der Waals surface area contributed by atoms with Crippen molar-refractivity contribution in [2.24, 2.45) is 0 Å². The van der Waals surface area contributed by atoms with Gasteiger partial charge >= 0.3 is 0 Å². The maximum atomic E-state index is 5.75. The van der Waals surface area contributed by atoms with Crippen molar-refractivity contribution in [2.75, 3.05) is 12.3 Å². The van der Waals surface area contributed by atoms with Crippen LogP contribution in [0.2, 0.25) is 0 Å². The van der Waals surface area contributed by atoms with E-state index in [1.54, 1.807) is 11.3 Å². The number of ether oxygens (including phenoxy) is 1. The summed E-state index contributed by atoms with van der Waals surface area (Å²) in [4.78, 5) is 9.65. The number of benzene rings is 1. The van der Waals surface area contributed by atoms with Crippen molar-refractivity contribution in [3.05, 3.63) is 46.7 Å². The van der Waals surface area contributed by atoms with Crippen molar-refractivity contribution in [1.29, 1.82) is 0 Å². The number of thiophene rings is 1. The van der Waals surface area contributed by atoms with Crippen molar-refractivity contribution in [3.63, 3.8) is 0 Å². The van der Waals surface area contributed by atoms with Crippen molar-refractivity contribution in [2.45, 2.75) is 6.42 Å². The summed E-state index contributed by atoms with van der Waals surface area (Å²) in [7, 11) is 0. The van der Waals surface area contributed by atoms with E-state index in [2.05, 4.69) is 21.4 Å². The van der Waals surface area contributed by atoms with Gasteiger partial charge in [0.2, 0.25) is 11.8 Å². The molecule has 0 saturated carbocycles. The molecule has 0 aliphatic heterocycles. The number of aromatic nitrogens is 2. The van der Waals surface area contributed by atoms with Crippen LogP contribution in [0, 0.1) is 0 Å². The van der Waals surface area contributed by atoms with Crippen LogP contribution in [-0.2, 0) is 6.42 Å². The third kappa shape index (κ3) is 2.66. The lowest BCUT2D eigenvalue weighted by Crippen LogP contribution is -2.05. The third-order valence-electron chi connectivity index (χ3n) is 2.75. The Morgan fingerprint density at radius 1 is 1.11 bits per heavy atom. The summed E-state index contributed by atoms with van der Waals surface area (Å²) in [6.07, 6.45) is 0.871. The highest BCUT2D eigenvalue weighted by Gasteiger charge is 2.06. The van der Waals surface area contributed by atoms with E-state index in [1.165, 1.54) is 4.88 Å². The van der Waals surface area contributed by atoms with E-state index in [-0.39, 0.29) is 5.95 Å². The van der Waals surface area contributed by atoms with Gasteiger partial charge in [-0.15, -0.1) is 11.3 Å². The molecule has 0 radical (unpaired) electrons. The normalized spacial score (nSPS) is 10.7. The van der Waals surface area contributed by atoms with Gasteiger partial charge in [-0.1, -0.05) is 18.2 Å².